The molecule has 5 heteroatoms. The molecule has 1 fully saturated rings. The van der Waals surface area contributed by atoms with E-state index in [-0.39, 0.29) is 0 Å². The van der Waals surface area contributed by atoms with Crippen LogP contribution in [-0.4, -0.2) is 20.6 Å². The highest BCUT2D eigenvalue weighted by Crippen LogP contribution is 2.48. The Balaban J connectivity index is 2.13. The van der Waals surface area contributed by atoms with Crippen molar-refractivity contribution >= 4 is 22.0 Å². The van der Waals surface area contributed by atoms with E-state index >= 15 is 0 Å². The fourth-order valence-corrected chi connectivity index (χ4v) is 2.57. The molecule has 1 aliphatic carbocycles. The number of carbonyl (C=O) groups excluding carboxylic acids is 1. The highest BCUT2D eigenvalue weighted by Gasteiger charge is 2.34. The van der Waals surface area contributed by atoms with Crippen molar-refractivity contribution in [3.8, 4) is 0 Å². The average molecular weight is 279 g/mol. The molecular formula is C14H17NO3S. The predicted octanol–water partition coefficient (Wildman–Crippen LogP) is 1.90. The number of nitrogens with one attached hydrogen (secondary N) is 1. The van der Waals surface area contributed by atoms with Crippen LogP contribution in [0.25, 0.3) is 6.08 Å². The largest absolute Gasteiger partial charge is 0.269 e. The van der Waals surface area contributed by atoms with Gasteiger partial charge < -0.3 is 0 Å². The van der Waals surface area contributed by atoms with Gasteiger partial charge in [0, 0.05) is 6.08 Å². The summed E-state index contributed by atoms with van der Waals surface area (Å²) in [7, 11) is -3.50. The monoisotopic (exact) mass is 279 g/mol. The van der Waals surface area contributed by atoms with Gasteiger partial charge in [0.15, 0.2) is 0 Å². The average Bonchev–Trinajstić information content (AvgIpc) is 3.02. The Bertz CT molecular complexity index is 619. The van der Waals surface area contributed by atoms with E-state index in [9.17, 15) is 13.2 Å². The minimum atomic E-state index is -3.50. The Morgan fingerprint density at radius 3 is 2.58 bits per heavy atom. The third kappa shape index (κ3) is 3.92. The van der Waals surface area contributed by atoms with Crippen LogP contribution in [-0.2, 0) is 14.8 Å². The van der Waals surface area contributed by atoms with Crippen LogP contribution in [0.1, 0.15) is 30.4 Å². The maximum Gasteiger partial charge on any atom is 0.257 e. The molecule has 1 amide bonds. The molecule has 0 radical (unpaired) electrons. The van der Waals surface area contributed by atoms with Crippen molar-refractivity contribution in [3.05, 3.63) is 41.5 Å². The molecule has 0 aliphatic heterocycles. The van der Waals surface area contributed by atoms with Gasteiger partial charge in [0.2, 0.25) is 10.0 Å². The van der Waals surface area contributed by atoms with Crippen molar-refractivity contribution in [3.63, 3.8) is 0 Å². The van der Waals surface area contributed by atoms with Crippen molar-refractivity contribution in [2.45, 2.75) is 19.3 Å². The van der Waals surface area contributed by atoms with Crippen molar-refractivity contribution in [1.82, 2.24) is 4.72 Å². The minimum absolute atomic E-state index is 0.554. The number of hydrogen-bond acceptors (Lipinski definition) is 3. The summed E-state index contributed by atoms with van der Waals surface area (Å²) >= 11 is 0. The second-order valence-electron chi connectivity index (χ2n) is 5.02. The number of rotatable bonds is 4. The first-order chi connectivity index (χ1) is 8.87. The maximum atomic E-state index is 11.4. The highest BCUT2D eigenvalue weighted by molar-refractivity contribution is 7.89. The van der Waals surface area contributed by atoms with Gasteiger partial charge in [-0.3, -0.25) is 4.79 Å². The summed E-state index contributed by atoms with van der Waals surface area (Å²) in [6.45, 7) is 2.20. The van der Waals surface area contributed by atoms with Crippen LogP contribution in [0.4, 0.5) is 0 Å². The summed E-state index contributed by atoms with van der Waals surface area (Å²) in [6.07, 6.45) is 5.05. The number of amides is 1. The minimum Gasteiger partial charge on any atom is -0.269 e. The van der Waals surface area contributed by atoms with Crippen molar-refractivity contribution in [1.29, 1.82) is 0 Å². The van der Waals surface area contributed by atoms with Crippen molar-refractivity contribution < 1.29 is 13.2 Å². The first kappa shape index (κ1) is 13.8. The number of sulfonamides is 1. The van der Waals surface area contributed by atoms with Crippen molar-refractivity contribution in [2.75, 3.05) is 6.26 Å². The molecule has 0 bridgehead atoms. The molecule has 102 valence electrons. The zero-order valence-electron chi connectivity index (χ0n) is 11.0. The Morgan fingerprint density at radius 1 is 1.37 bits per heavy atom. The molecule has 1 aromatic carbocycles. The standard InChI is InChI=1S/C14H17NO3S/c1-10-9-13(10)12-6-4-3-5-11(12)7-8-14(16)15-19(2,17)18/h3-8,10,13H,9H2,1-2H3,(H,15,16)/b8-7+. The van der Waals surface area contributed by atoms with Gasteiger partial charge in [-0.05, 0) is 35.5 Å². The molecule has 2 unspecified atom stereocenters. The van der Waals surface area contributed by atoms with E-state index in [0.29, 0.717) is 11.8 Å². The number of hydrogen-bond donors (Lipinski definition) is 1. The lowest BCUT2D eigenvalue weighted by Crippen LogP contribution is -2.27. The van der Waals surface area contributed by atoms with Gasteiger partial charge in [-0.1, -0.05) is 31.2 Å². The maximum absolute atomic E-state index is 11.4. The van der Waals surface area contributed by atoms with Crippen LogP contribution in [0, 0.1) is 5.92 Å². The first-order valence-corrected chi connectivity index (χ1v) is 8.05. The van der Waals surface area contributed by atoms with E-state index in [1.807, 2.05) is 22.9 Å². The summed E-state index contributed by atoms with van der Waals surface area (Å²) in [5.41, 5.74) is 2.19. The molecule has 0 spiro atoms. The van der Waals surface area contributed by atoms with Crippen LogP contribution >= 0.6 is 0 Å². The second kappa shape index (κ2) is 5.17. The van der Waals surface area contributed by atoms with E-state index < -0.39 is 15.9 Å². The lowest BCUT2D eigenvalue weighted by atomic mass is 10.0. The molecule has 1 aliphatic rings. The molecule has 0 heterocycles. The molecule has 1 saturated carbocycles. The Labute approximate surface area is 113 Å². The van der Waals surface area contributed by atoms with Crippen molar-refractivity contribution in [2.24, 2.45) is 5.92 Å². The molecule has 1 N–H and O–H groups in total. The van der Waals surface area contributed by atoms with Crippen LogP contribution < -0.4 is 4.72 Å². The van der Waals surface area contributed by atoms with E-state index in [4.69, 9.17) is 0 Å². The quantitative estimate of drug-likeness (QED) is 0.856. The van der Waals surface area contributed by atoms with Crippen LogP contribution in [0.3, 0.4) is 0 Å². The van der Waals surface area contributed by atoms with E-state index in [0.717, 1.165) is 11.8 Å². The topological polar surface area (TPSA) is 63.2 Å². The van der Waals surface area contributed by atoms with Crippen LogP contribution in [0.15, 0.2) is 30.3 Å². The van der Waals surface area contributed by atoms with Gasteiger partial charge >= 0.3 is 0 Å². The lowest BCUT2D eigenvalue weighted by molar-refractivity contribution is -0.114. The Hall–Kier alpha value is -1.62. The fourth-order valence-electron chi connectivity index (χ4n) is 2.14. The molecule has 2 rings (SSSR count). The van der Waals surface area contributed by atoms with E-state index in [1.54, 1.807) is 6.08 Å². The Morgan fingerprint density at radius 2 is 2.00 bits per heavy atom. The smallest absolute Gasteiger partial charge is 0.257 e. The molecule has 0 saturated heterocycles. The summed E-state index contributed by atoms with van der Waals surface area (Å²) in [5.74, 6) is 0.611. The predicted molar refractivity (Wildman–Crippen MR) is 75.0 cm³/mol. The van der Waals surface area contributed by atoms with Gasteiger partial charge in [0.25, 0.3) is 5.91 Å². The third-order valence-corrected chi connectivity index (χ3v) is 3.78. The summed E-state index contributed by atoms with van der Waals surface area (Å²) in [6, 6.07) is 7.88. The van der Waals surface area contributed by atoms with E-state index in [1.165, 1.54) is 18.1 Å². The fraction of sp³-hybridized carbons (Fsp3) is 0.357. The molecule has 0 aromatic heterocycles. The summed E-state index contributed by atoms with van der Waals surface area (Å²) < 4.78 is 23.7. The molecule has 19 heavy (non-hydrogen) atoms. The van der Waals surface area contributed by atoms with Gasteiger partial charge in [-0.2, -0.15) is 0 Å². The number of carbonyl (C=O) groups is 1. The molecular weight excluding hydrogens is 262 g/mol. The third-order valence-electron chi connectivity index (χ3n) is 3.21. The zero-order chi connectivity index (χ0) is 14.0. The number of benzene rings is 1. The second-order valence-corrected chi connectivity index (χ2v) is 6.77. The lowest BCUT2D eigenvalue weighted by Gasteiger charge is -2.04. The summed E-state index contributed by atoms with van der Waals surface area (Å²) in [5, 5.41) is 0. The molecule has 1 aromatic rings. The first-order valence-electron chi connectivity index (χ1n) is 6.15. The highest BCUT2D eigenvalue weighted by atomic mass is 32.2. The van der Waals surface area contributed by atoms with Gasteiger partial charge in [0.1, 0.15) is 0 Å². The van der Waals surface area contributed by atoms with E-state index in [2.05, 4.69) is 13.0 Å². The normalized spacial score (nSPS) is 22.4. The van der Waals surface area contributed by atoms with Crippen LogP contribution in [0.2, 0.25) is 0 Å². The Kier molecular flexibility index (Phi) is 3.75. The van der Waals surface area contributed by atoms with Crippen LogP contribution in [0.5, 0.6) is 0 Å². The van der Waals surface area contributed by atoms with Gasteiger partial charge in [-0.25, -0.2) is 13.1 Å². The summed E-state index contributed by atoms with van der Waals surface area (Å²) in [4.78, 5) is 11.4. The SMILES string of the molecule is CC1CC1c1ccccc1/C=C/C(=O)NS(C)(=O)=O. The molecule has 2 atom stereocenters. The molecule has 4 nitrogen and oxygen atoms in total. The zero-order valence-corrected chi connectivity index (χ0v) is 11.8. The van der Waals surface area contributed by atoms with Gasteiger partial charge in [0.05, 0.1) is 6.26 Å². The van der Waals surface area contributed by atoms with Gasteiger partial charge in [-0.15, -0.1) is 0 Å².